The number of carbonyl (C=O) groups is 2. The van der Waals surface area contributed by atoms with Crippen LogP contribution in [0.15, 0.2) is 30.5 Å². The van der Waals surface area contributed by atoms with Gasteiger partial charge in [0.2, 0.25) is 0 Å². The van der Waals surface area contributed by atoms with E-state index in [1.54, 1.807) is 12.3 Å². The second kappa shape index (κ2) is 8.70. The second-order valence-corrected chi connectivity index (χ2v) is 6.92. The van der Waals surface area contributed by atoms with E-state index in [2.05, 4.69) is 10.4 Å². The standard InChI is InChI=1S/C20H25N3O4/c1-14-9-15(2)11-17(10-14)26-13-20(25)27-12-19(24)22-18-7-8-21-23(18)16-5-3-4-6-16/h7-11,16H,3-6,12-13H2,1-2H3,(H,22,24). The largest absolute Gasteiger partial charge is 0.482 e. The Morgan fingerprint density at radius 3 is 2.56 bits per heavy atom. The van der Waals surface area contributed by atoms with Gasteiger partial charge >= 0.3 is 5.97 Å². The monoisotopic (exact) mass is 371 g/mol. The molecule has 7 nitrogen and oxygen atoms in total. The molecule has 144 valence electrons. The molecule has 0 aliphatic heterocycles. The summed E-state index contributed by atoms with van der Waals surface area (Å²) in [6.07, 6.45) is 6.15. The molecule has 0 spiro atoms. The summed E-state index contributed by atoms with van der Waals surface area (Å²) in [6.45, 7) is 3.32. The lowest BCUT2D eigenvalue weighted by molar-refractivity contribution is -0.149. The van der Waals surface area contributed by atoms with E-state index in [9.17, 15) is 9.59 Å². The molecule has 1 N–H and O–H groups in total. The first kappa shape index (κ1) is 18.9. The number of nitrogens with zero attached hydrogens (tertiary/aromatic N) is 2. The van der Waals surface area contributed by atoms with Gasteiger partial charge in [-0.15, -0.1) is 0 Å². The van der Waals surface area contributed by atoms with Crippen LogP contribution in [-0.4, -0.2) is 34.9 Å². The molecule has 1 aliphatic rings. The molecule has 1 amide bonds. The summed E-state index contributed by atoms with van der Waals surface area (Å²) in [5.74, 6) is 0.256. The molecule has 1 aromatic carbocycles. The number of ether oxygens (including phenoxy) is 2. The third kappa shape index (κ3) is 5.32. The Labute approximate surface area is 158 Å². The summed E-state index contributed by atoms with van der Waals surface area (Å²) >= 11 is 0. The van der Waals surface area contributed by atoms with Crippen LogP contribution in [0, 0.1) is 13.8 Å². The topological polar surface area (TPSA) is 82.4 Å². The Balaban J connectivity index is 1.44. The molecule has 0 atom stereocenters. The van der Waals surface area contributed by atoms with Crippen molar-refractivity contribution in [2.45, 2.75) is 45.6 Å². The molecule has 1 aromatic heterocycles. The van der Waals surface area contributed by atoms with Gasteiger partial charge in [-0.25, -0.2) is 9.48 Å². The zero-order valence-corrected chi connectivity index (χ0v) is 15.7. The number of hydrogen-bond donors (Lipinski definition) is 1. The fourth-order valence-corrected chi connectivity index (χ4v) is 3.38. The quantitative estimate of drug-likeness (QED) is 0.756. The molecule has 0 saturated heterocycles. The van der Waals surface area contributed by atoms with E-state index in [4.69, 9.17) is 9.47 Å². The van der Waals surface area contributed by atoms with Crippen molar-refractivity contribution in [3.8, 4) is 5.75 Å². The molecule has 0 bridgehead atoms. The number of esters is 1. The minimum Gasteiger partial charge on any atom is -0.482 e. The molecular weight excluding hydrogens is 346 g/mol. The smallest absolute Gasteiger partial charge is 0.344 e. The summed E-state index contributed by atoms with van der Waals surface area (Å²) < 4.78 is 12.3. The van der Waals surface area contributed by atoms with Crippen LogP contribution in [0.1, 0.15) is 42.9 Å². The molecule has 1 saturated carbocycles. The molecule has 3 rings (SSSR count). The van der Waals surface area contributed by atoms with E-state index >= 15 is 0 Å². The summed E-state index contributed by atoms with van der Waals surface area (Å²) in [5.41, 5.74) is 2.10. The highest BCUT2D eigenvalue weighted by molar-refractivity contribution is 5.92. The fraction of sp³-hybridized carbons (Fsp3) is 0.450. The van der Waals surface area contributed by atoms with Crippen LogP contribution in [0.5, 0.6) is 5.75 Å². The number of aryl methyl sites for hydroxylation is 2. The third-order valence-electron chi connectivity index (χ3n) is 4.52. The average Bonchev–Trinajstić information content (AvgIpc) is 3.28. The molecule has 0 radical (unpaired) electrons. The van der Waals surface area contributed by atoms with Crippen molar-refractivity contribution in [1.29, 1.82) is 0 Å². The van der Waals surface area contributed by atoms with Crippen molar-refractivity contribution in [3.63, 3.8) is 0 Å². The van der Waals surface area contributed by atoms with Crippen LogP contribution in [0.4, 0.5) is 5.82 Å². The van der Waals surface area contributed by atoms with Crippen molar-refractivity contribution in [3.05, 3.63) is 41.6 Å². The van der Waals surface area contributed by atoms with Crippen LogP contribution in [0.2, 0.25) is 0 Å². The first-order valence-electron chi connectivity index (χ1n) is 9.21. The molecule has 27 heavy (non-hydrogen) atoms. The average molecular weight is 371 g/mol. The Bertz CT molecular complexity index is 789. The van der Waals surface area contributed by atoms with Gasteiger partial charge in [0.25, 0.3) is 5.91 Å². The van der Waals surface area contributed by atoms with Crippen LogP contribution >= 0.6 is 0 Å². The number of carbonyl (C=O) groups excluding carboxylic acids is 2. The Morgan fingerprint density at radius 1 is 1.15 bits per heavy atom. The lowest BCUT2D eigenvalue weighted by atomic mass is 10.1. The summed E-state index contributed by atoms with van der Waals surface area (Å²) in [7, 11) is 0. The first-order chi connectivity index (χ1) is 13.0. The molecular formula is C20H25N3O4. The van der Waals surface area contributed by atoms with Crippen LogP contribution in [0.3, 0.4) is 0 Å². The number of hydrogen-bond acceptors (Lipinski definition) is 5. The second-order valence-electron chi connectivity index (χ2n) is 6.92. The number of amides is 1. The Morgan fingerprint density at radius 2 is 1.85 bits per heavy atom. The highest BCUT2D eigenvalue weighted by atomic mass is 16.6. The van der Waals surface area contributed by atoms with Gasteiger partial charge in [0.05, 0.1) is 12.2 Å². The Hall–Kier alpha value is -2.83. The van der Waals surface area contributed by atoms with E-state index in [0.717, 1.165) is 24.0 Å². The number of anilines is 1. The Kier molecular flexibility index (Phi) is 6.11. The highest BCUT2D eigenvalue weighted by Gasteiger charge is 2.20. The predicted octanol–water partition coefficient (Wildman–Crippen LogP) is 3.18. The van der Waals surface area contributed by atoms with Crippen molar-refractivity contribution < 1.29 is 19.1 Å². The minimum atomic E-state index is -0.589. The lowest BCUT2D eigenvalue weighted by Gasteiger charge is -2.14. The van der Waals surface area contributed by atoms with E-state index in [1.807, 2.05) is 36.7 Å². The zero-order chi connectivity index (χ0) is 19.2. The maximum atomic E-state index is 12.1. The SMILES string of the molecule is Cc1cc(C)cc(OCC(=O)OCC(=O)Nc2ccnn2C2CCCC2)c1. The number of nitrogens with one attached hydrogen (secondary N) is 1. The molecule has 1 fully saturated rings. The molecule has 0 unspecified atom stereocenters. The third-order valence-corrected chi connectivity index (χ3v) is 4.52. The predicted molar refractivity (Wildman–Crippen MR) is 101 cm³/mol. The lowest BCUT2D eigenvalue weighted by Crippen LogP contribution is -2.25. The van der Waals surface area contributed by atoms with Crippen LogP contribution in [0.25, 0.3) is 0 Å². The summed E-state index contributed by atoms with van der Waals surface area (Å²) in [6, 6.07) is 7.78. The highest BCUT2D eigenvalue weighted by Crippen LogP contribution is 2.31. The fourth-order valence-electron chi connectivity index (χ4n) is 3.38. The molecule has 2 aromatic rings. The molecule has 1 heterocycles. The molecule has 1 aliphatic carbocycles. The van der Waals surface area contributed by atoms with Crippen molar-refractivity contribution in [2.75, 3.05) is 18.5 Å². The van der Waals surface area contributed by atoms with Crippen LogP contribution in [-0.2, 0) is 14.3 Å². The van der Waals surface area contributed by atoms with Gasteiger partial charge in [-0.2, -0.15) is 5.10 Å². The van der Waals surface area contributed by atoms with Crippen molar-refractivity contribution >= 4 is 17.7 Å². The number of rotatable bonds is 7. The van der Waals surface area contributed by atoms with E-state index < -0.39 is 11.9 Å². The molecule has 7 heteroatoms. The number of aromatic nitrogens is 2. The first-order valence-corrected chi connectivity index (χ1v) is 9.21. The van der Waals surface area contributed by atoms with Gasteiger partial charge < -0.3 is 14.8 Å². The van der Waals surface area contributed by atoms with Gasteiger partial charge in [0.15, 0.2) is 13.2 Å². The maximum absolute atomic E-state index is 12.1. The van der Waals surface area contributed by atoms with E-state index in [0.29, 0.717) is 17.6 Å². The number of benzene rings is 1. The van der Waals surface area contributed by atoms with E-state index in [1.165, 1.54) is 12.8 Å². The van der Waals surface area contributed by atoms with Gasteiger partial charge in [-0.05, 0) is 49.9 Å². The van der Waals surface area contributed by atoms with Crippen molar-refractivity contribution in [1.82, 2.24) is 9.78 Å². The minimum absolute atomic E-state index is 0.240. The normalized spacial score (nSPS) is 14.1. The van der Waals surface area contributed by atoms with Gasteiger partial charge in [-0.1, -0.05) is 18.9 Å². The zero-order valence-electron chi connectivity index (χ0n) is 15.7. The van der Waals surface area contributed by atoms with E-state index in [-0.39, 0.29) is 13.2 Å². The summed E-state index contributed by atoms with van der Waals surface area (Å²) in [4.78, 5) is 23.9. The van der Waals surface area contributed by atoms with Gasteiger partial charge in [0, 0.05) is 6.07 Å². The van der Waals surface area contributed by atoms with Gasteiger partial charge in [0.1, 0.15) is 11.6 Å². The van der Waals surface area contributed by atoms with Crippen LogP contribution < -0.4 is 10.1 Å². The van der Waals surface area contributed by atoms with Gasteiger partial charge in [-0.3, -0.25) is 4.79 Å². The summed E-state index contributed by atoms with van der Waals surface area (Å²) in [5, 5.41) is 7.05. The maximum Gasteiger partial charge on any atom is 0.344 e. The van der Waals surface area contributed by atoms with Crippen molar-refractivity contribution in [2.24, 2.45) is 0 Å².